The Hall–Kier alpha value is -2.83. The van der Waals surface area contributed by atoms with Gasteiger partial charge in [0, 0.05) is 37.7 Å². The van der Waals surface area contributed by atoms with Gasteiger partial charge in [-0.15, -0.1) is 0 Å². The molecule has 0 aliphatic carbocycles. The number of aromatic nitrogens is 1. The average Bonchev–Trinajstić information content (AvgIpc) is 3.19. The van der Waals surface area contributed by atoms with E-state index in [0.717, 1.165) is 42.0 Å². The van der Waals surface area contributed by atoms with Crippen LogP contribution < -0.4 is 16.0 Å². The standard InChI is InChI=1S/C22H33N5O2/c1-5-8-21(28)26-18-11-9-16(10-12-18)14-24-22(23-4)25-15-19-13-20(27-29-19)17(6-2)7-3/h9-13,17H,5-8,14-15H2,1-4H3,(H,26,28)(H2,23,24,25). The lowest BCUT2D eigenvalue weighted by atomic mass is 9.99. The van der Waals surface area contributed by atoms with Crippen LogP contribution in [0.2, 0.25) is 0 Å². The largest absolute Gasteiger partial charge is 0.359 e. The number of rotatable bonds is 10. The molecule has 1 amide bonds. The molecule has 7 heteroatoms. The van der Waals surface area contributed by atoms with E-state index in [0.29, 0.717) is 31.4 Å². The molecule has 3 N–H and O–H groups in total. The minimum Gasteiger partial charge on any atom is -0.359 e. The van der Waals surface area contributed by atoms with Crippen LogP contribution in [-0.2, 0) is 17.9 Å². The summed E-state index contributed by atoms with van der Waals surface area (Å²) >= 11 is 0. The summed E-state index contributed by atoms with van der Waals surface area (Å²) in [5, 5.41) is 13.6. The second-order valence-electron chi connectivity index (χ2n) is 7.01. The zero-order valence-corrected chi connectivity index (χ0v) is 17.9. The minimum atomic E-state index is 0.0442. The van der Waals surface area contributed by atoms with Crippen molar-refractivity contribution >= 4 is 17.6 Å². The van der Waals surface area contributed by atoms with Crippen molar-refractivity contribution in [1.29, 1.82) is 0 Å². The highest BCUT2D eigenvalue weighted by molar-refractivity contribution is 5.90. The molecule has 0 atom stereocenters. The smallest absolute Gasteiger partial charge is 0.224 e. The van der Waals surface area contributed by atoms with Gasteiger partial charge in [0.05, 0.1) is 12.2 Å². The van der Waals surface area contributed by atoms with Gasteiger partial charge in [0.1, 0.15) is 0 Å². The number of nitrogens with one attached hydrogen (secondary N) is 3. The Morgan fingerprint density at radius 1 is 1.10 bits per heavy atom. The molecular formula is C22H33N5O2. The summed E-state index contributed by atoms with van der Waals surface area (Å²) in [6, 6.07) is 9.81. The first kappa shape index (κ1) is 22.5. The number of nitrogens with zero attached hydrogens (tertiary/aromatic N) is 2. The van der Waals surface area contributed by atoms with Crippen LogP contribution in [0.3, 0.4) is 0 Å². The highest BCUT2D eigenvalue weighted by Crippen LogP contribution is 2.22. The van der Waals surface area contributed by atoms with Crippen molar-refractivity contribution < 1.29 is 9.32 Å². The van der Waals surface area contributed by atoms with Gasteiger partial charge in [0.25, 0.3) is 0 Å². The van der Waals surface area contributed by atoms with Crippen LogP contribution in [0.25, 0.3) is 0 Å². The molecule has 1 aromatic carbocycles. The van der Waals surface area contributed by atoms with E-state index in [9.17, 15) is 4.79 Å². The van der Waals surface area contributed by atoms with Crippen LogP contribution in [-0.4, -0.2) is 24.1 Å². The first-order chi connectivity index (χ1) is 14.1. The monoisotopic (exact) mass is 399 g/mol. The summed E-state index contributed by atoms with van der Waals surface area (Å²) in [6.45, 7) is 7.47. The molecule has 7 nitrogen and oxygen atoms in total. The van der Waals surface area contributed by atoms with E-state index in [1.165, 1.54) is 0 Å². The van der Waals surface area contributed by atoms with Crippen molar-refractivity contribution in [3.8, 4) is 0 Å². The molecule has 1 heterocycles. The zero-order valence-electron chi connectivity index (χ0n) is 17.9. The third-order valence-electron chi connectivity index (χ3n) is 4.81. The number of amides is 1. The molecule has 0 spiro atoms. The predicted molar refractivity (Wildman–Crippen MR) is 117 cm³/mol. The maximum Gasteiger partial charge on any atom is 0.224 e. The lowest BCUT2D eigenvalue weighted by molar-refractivity contribution is -0.116. The topological polar surface area (TPSA) is 91.5 Å². The molecule has 158 valence electrons. The molecule has 0 fully saturated rings. The van der Waals surface area contributed by atoms with Gasteiger partial charge < -0.3 is 20.5 Å². The van der Waals surface area contributed by atoms with Crippen molar-refractivity contribution in [1.82, 2.24) is 15.8 Å². The lowest BCUT2D eigenvalue weighted by Crippen LogP contribution is -2.36. The SMILES string of the molecule is CCCC(=O)Nc1ccc(CNC(=NC)NCc2cc(C(CC)CC)no2)cc1. The summed E-state index contributed by atoms with van der Waals surface area (Å²) in [7, 11) is 1.73. The van der Waals surface area contributed by atoms with Crippen LogP contribution in [0, 0.1) is 0 Å². The second kappa shape index (κ2) is 11.9. The molecule has 0 bridgehead atoms. The van der Waals surface area contributed by atoms with Gasteiger partial charge in [-0.1, -0.05) is 38.1 Å². The number of aliphatic imine (C=N–C) groups is 1. The molecule has 1 aromatic heterocycles. The fourth-order valence-corrected chi connectivity index (χ4v) is 3.05. The first-order valence-corrected chi connectivity index (χ1v) is 10.4. The zero-order chi connectivity index (χ0) is 21.1. The fourth-order valence-electron chi connectivity index (χ4n) is 3.05. The third-order valence-corrected chi connectivity index (χ3v) is 4.81. The number of hydrogen-bond acceptors (Lipinski definition) is 4. The molecule has 0 aliphatic heterocycles. The van der Waals surface area contributed by atoms with Crippen LogP contribution in [0.4, 0.5) is 5.69 Å². The second-order valence-corrected chi connectivity index (χ2v) is 7.01. The number of carbonyl (C=O) groups is 1. The minimum absolute atomic E-state index is 0.0442. The molecule has 0 unspecified atom stereocenters. The lowest BCUT2D eigenvalue weighted by Gasteiger charge is -2.11. The summed E-state index contributed by atoms with van der Waals surface area (Å²) in [4.78, 5) is 15.9. The van der Waals surface area contributed by atoms with Crippen LogP contribution >= 0.6 is 0 Å². The summed E-state index contributed by atoms with van der Waals surface area (Å²) < 4.78 is 5.44. The van der Waals surface area contributed by atoms with Gasteiger partial charge in [0.2, 0.25) is 5.91 Å². The van der Waals surface area contributed by atoms with Crippen molar-refractivity contribution in [2.24, 2.45) is 4.99 Å². The van der Waals surface area contributed by atoms with Crippen molar-refractivity contribution in [3.63, 3.8) is 0 Å². The van der Waals surface area contributed by atoms with Crippen molar-refractivity contribution in [3.05, 3.63) is 47.3 Å². The molecular weight excluding hydrogens is 366 g/mol. The Bertz CT molecular complexity index is 779. The Balaban J connectivity index is 1.81. The van der Waals surface area contributed by atoms with E-state index < -0.39 is 0 Å². The highest BCUT2D eigenvalue weighted by atomic mass is 16.5. The molecule has 2 rings (SSSR count). The van der Waals surface area contributed by atoms with Crippen LogP contribution in [0.1, 0.15) is 69.4 Å². The number of hydrogen-bond donors (Lipinski definition) is 3. The summed E-state index contributed by atoms with van der Waals surface area (Å²) in [5.74, 6) is 1.97. The molecule has 0 saturated carbocycles. The van der Waals surface area contributed by atoms with Crippen LogP contribution in [0.5, 0.6) is 0 Å². The van der Waals surface area contributed by atoms with Gasteiger partial charge in [-0.05, 0) is 37.0 Å². The molecule has 0 radical (unpaired) electrons. The van der Waals surface area contributed by atoms with Crippen LogP contribution in [0.15, 0.2) is 39.8 Å². The van der Waals surface area contributed by atoms with E-state index in [1.54, 1.807) is 7.05 Å². The Morgan fingerprint density at radius 2 is 1.79 bits per heavy atom. The molecule has 29 heavy (non-hydrogen) atoms. The van der Waals surface area contributed by atoms with E-state index in [1.807, 2.05) is 37.3 Å². The maximum atomic E-state index is 11.7. The fraction of sp³-hybridized carbons (Fsp3) is 0.500. The number of carbonyl (C=O) groups excluding carboxylic acids is 1. The van der Waals surface area contributed by atoms with Crippen molar-refractivity contribution in [2.75, 3.05) is 12.4 Å². The molecule has 0 aliphatic rings. The number of anilines is 1. The highest BCUT2D eigenvalue weighted by Gasteiger charge is 2.13. The summed E-state index contributed by atoms with van der Waals surface area (Å²) in [5.41, 5.74) is 2.92. The van der Waals surface area contributed by atoms with Crippen molar-refractivity contribution in [2.45, 2.75) is 65.5 Å². The summed E-state index contributed by atoms with van der Waals surface area (Å²) in [6.07, 6.45) is 3.49. The van der Waals surface area contributed by atoms with E-state index in [2.05, 4.69) is 39.9 Å². The van der Waals surface area contributed by atoms with Gasteiger partial charge in [0.15, 0.2) is 11.7 Å². The third kappa shape index (κ3) is 7.25. The molecule has 2 aromatic rings. The Labute approximate surface area is 173 Å². The predicted octanol–water partition coefficient (Wildman–Crippen LogP) is 4.18. The van der Waals surface area contributed by atoms with E-state index >= 15 is 0 Å². The van der Waals surface area contributed by atoms with Gasteiger partial charge in [-0.3, -0.25) is 9.79 Å². The number of guanidine groups is 1. The Morgan fingerprint density at radius 3 is 2.41 bits per heavy atom. The van der Waals surface area contributed by atoms with E-state index in [4.69, 9.17) is 4.52 Å². The number of benzene rings is 1. The van der Waals surface area contributed by atoms with Gasteiger partial charge in [-0.2, -0.15) is 0 Å². The first-order valence-electron chi connectivity index (χ1n) is 10.4. The molecule has 0 saturated heterocycles. The Kier molecular flexibility index (Phi) is 9.21. The average molecular weight is 400 g/mol. The maximum absolute atomic E-state index is 11.7. The van der Waals surface area contributed by atoms with Gasteiger partial charge in [-0.25, -0.2) is 0 Å². The normalized spacial score (nSPS) is 11.6. The van der Waals surface area contributed by atoms with E-state index in [-0.39, 0.29) is 5.91 Å². The quantitative estimate of drug-likeness (QED) is 0.412. The van der Waals surface area contributed by atoms with Gasteiger partial charge >= 0.3 is 0 Å².